The second-order valence-electron chi connectivity index (χ2n) is 5.03. The Morgan fingerprint density at radius 1 is 1.24 bits per heavy atom. The first-order chi connectivity index (χ1) is 10.1. The fourth-order valence-corrected chi connectivity index (χ4v) is 4.92. The summed E-state index contributed by atoms with van der Waals surface area (Å²) in [4.78, 5) is 10.8. The Morgan fingerprint density at radius 2 is 2.00 bits per heavy atom. The Balaban J connectivity index is 1.76. The molecule has 114 valence electrons. The number of hydrogen-bond donors (Lipinski definition) is 0. The zero-order valence-electron chi connectivity index (χ0n) is 11.9. The van der Waals surface area contributed by atoms with Crippen molar-refractivity contribution in [1.82, 2.24) is 14.3 Å². The molecule has 1 saturated heterocycles. The van der Waals surface area contributed by atoms with Gasteiger partial charge in [-0.2, -0.15) is 4.31 Å². The summed E-state index contributed by atoms with van der Waals surface area (Å²) in [6.45, 7) is 4.29. The molecule has 3 rings (SSSR count). The van der Waals surface area contributed by atoms with Crippen LogP contribution in [0.15, 0.2) is 17.8 Å². The van der Waals surface area contributed by atoms with Crippen molar-refractivity contribution in [3.8, 4) is 0 Å². The molecular weight excluding hydrogens is 308 g/mol. The van der Waals surface area contributed by atoms with Gasteiger partial charge >= 0.3 is 0 Å². The molecule has 0 radical (unpaired) electrons. The van der Waals surface area contributed by atoms with Crippen LogP contribution in [0.3, 0.4) is 0 Å². The van der Waals surface area contributed by atoms with Crippen LogP contribution in [0, 0.1) is 0 Å². The van der Waals surface area contributed by atoms with Crippen LogP contribution in [0.1, 0.15) is 13.3 Å². The van der Waals surface area contributed by atoms with Gasteiger partial charge in [-0.15, -0.1) is 11.3 Å². The lowest BCUT2D eigenvalue weighted by atomic mass is 10.3. The third kappa shape index (κ3) is 2.88. The SMILES string of the molecule is CCCS(=O)(=O)N1CCN(c2ncnc3ccsc23)CC1. The maximum Gasteiger partial charge on any atom is 0.214 e. The van der Waals surface area contributed by atoms with E-state index in [9.17, 15) is 8.42 Å². The molecule has 0 atom stereocenters. The second kappa shape index (κ2) is 5.86. The molecule has 3 heterocycles. The molecule has 0 aliphatic carbocycles. The summed E-state index contributed by atoms with van der Waals surface area (Å²) in [6, 6.07) is 1.98. The molecule has 6 nitrogen and oxygen atoms in total. The average Bonchev–Trinajstić information content (AvgIpc) is 2.95. The van der Waals surface area contributed by atoms with Crippen LogP contribution in [0.5, 0.6) is 0 Å². The molecule has 2 aromatic rings. The molecule has 8 heteroatoms. The predicted molar refractivity (Wildman–Crippen MR) is 85.3 cm³/mol. The quantitative estimate of drug-likeness (QED) is 0.853. The topological polar surface area (TPSA) is 66.4 Å². The molecule has 21 heavy (non-hydrogen) atoms. The standard InChI is InChI=1S/C13H18N4O2S2/c1-2-9-21(18,19)17-6-4-16(5-7-17)13-12-11(3-8-20-12)14-10-15-13/h3,8,10H,2,4-7,9H2,1H3. The van der Waals surface area contributed by atoms with Crippen molar-refractivity contribution in [2.24, 2.45) is 0 Å². The van der Waals surface area contributed by atoms with Crippen LogP contribution < -0.4 is 4.90 Å². The third-order valence-electron chi connectivity index (χ3n) is 3.62. The first-order valence-corrected chi connectivity index (χ1v) is 9.51. The number of fused-ring (bicyclic) bond motifs is 1. The molecule has 0 bridgehead atoms. The lowest BCUT2D eigenvalue weighted by Crippen LogP contribution is -2.49. The first-order valence-electron chi connectivity index (χ1n) is 7.03. The molecule has 1 aliphatic heterocycles. The van der Waals surface area contributed by atoms with E-state index in [-0.39, 0.29) is 5.75 Å². The molecule has 0 unspecified atom stereocenters. The number of piperazine rings is 1. The highest BCUT2D eigenvalue weighted by molar-refractivity contribution is 7.89. The first kappa shape index (κ1) is 14.7. The highest BCUT2D eigenvalue weighted by Gasteiger charge is 2.27. The summed E-state index contributed by atoms with van der Waals surface area (Å²) in [5, 5.41) is 2.00. The Kier molecular flexibility index (Phi) is 4.10. The Hall–Kier alpha value is -1.25. The van der Waals surface area contributed by atoms with Gasteiger partial charge in [0.25, 0.3) is 0 Å². The molecule has 2 aromatic heterocycles. The van der Waals surface area contributed by atoms with Crippen LogP contribution in [-0.2, 0) is 10.0 Å². The molecule has 1 fully saturated rings. The third-order valence-corrected chi connectivity index (χ3v) is 6.59. The fraction of sp³-hybridized carbons (Fsp3) is 0.538. The summed E-state index contributed by atoms with van der Waals surface area (Å²) >= 11 is 1.62. The van der Waals surface area contributed by atoms with E-state index in [2.05, 4.69) is 14.9 Å². The van der Waals surface area contributed by atoms with Gasteiger partial charge in [0.05, 0.1) is 16.0 Å². The smallest absolute Gasteiger partial charge is 0.214 e. The molecule has 0 amide bonds. The number of thiophene rings is 1. The van der Waals surface area contributed by atoms with Crippen molar-refractivity contribution in [2.45, 2.75) is 13.3 Å². The highest BCUT2D eigenvalue weighted by atomic mass is 32.2. The summed E-state index contributed by atoms with van der Waals surface area (Å²) in [5.41, 5.74) is 0.950. The lowest BCUT2D eigenvalue weighted by molar-refractivity contribution is 0.384. The van der Waals surface area contributed by atoms with Gasteiger partial charge in [0.2, 0.25) is 10.0 Å². The van der Waals surface area contributed by atoms with Gasteiger partial charge in [0, 0.05) is 26.2 Å². The van der Waals surface area contributed by atoms with Crippen molar-refractivity contribution in [3.63, 3.8) is 0 Å². The van der Waals surface area contributed by atoms with Gasteiger partial charge in [-0.1, -0.05) is 6.92 Å². The minimum absolute atomic E-state index is 0.232. The van der Waals surface area contributed by atoms with Crippen molar-refractivity contribution >= 4 is 37.4 Å². The van der Waals surface area contributed by atoms with E-state index in [1.165, 1.54) is 0 Å². The zero-order valence-corrected chi connectivity index (χ0v) is 13.5. The molecule has 0 saturated carbocycles. The summed E-state index contributed by atoms with van der Waals surface area (Å²) in [7, 11) is -3.09. The van der Waals surface area contributed by atoms with Crippen LogP contribution in [-0.4, -0.2) is 54.6 Å². The van der Waals surface area contributed by atoms with Crippen LogP contribution >= 0.6 is 11.3 Å². The maximum absolute atomic E-state index is 12.1. The maximum atomic E-state index is 12.1. The molecule has 0 N–H and O–H groups in total. The fourth-order valence-electron chi connectivity index (χ4n) is 2.57. The summed E-state index contributed by atoms with van der Waals surface area (Å²) in [5.74, 6) is 1.15. The van der Waals surface area contributed by atoms with E-state index in [1.807, 2.05) is 18.4 Å². The van der Waals surface area contributed by atoms with Gasteiger partial charge in [-0.3, -0.25) is 0 Å². The van der Waals surface area contributed by atoms with E-state index in [0.29, 0.717) is 32.6 Å². The van der Waals surface area contributed by atoms with Crippen molar-refractivity contribution in [3.05, 3.63) is 17.8 Å². The van der Waals surface area contributed by atoms with E-state index in [0.717, 1.165) is 16.0 Å². The zero-order chi connectivity index (χ0) is 14.9. The van der Waals surface area contributed by atoms with Crippen LogP contribution in [0.2, 0.25) is 0 Å². The Labute approximate surface area is 128 Å². The minimum Gasteiger partial charge on any atom is -0.353 e. The van der Waals surface area contributed by atoms with Crippen molar-refractivity contribution in [2.75, 3.05) is 36.8 Å². The monoisotopic (exact) mass is 326 g/mol. The number of anilines is 1. The normalized spacial score (nSPS) is 17.5. The molecule has 0 aromatic carbocycles. The van der Waals surface area contributed by atoms with E-state index in [1.54, 1.807) is 22.0 Å². The number of rotatable bonds is 4. The van der Waals surface area contributed by atoms with Gasteiger partial charge in [-0.25, -0.2) is 18.4 Å². The van der Waals surface area contributed by atoms with Crippen molar-refractivity contribution in [1.29, 1.82) is 0 Å². The molecule has 0 spiro atoms. The largest absolute Gasteiger partial charge is 0.353 e. The number of hydrogen-bond acceptors (Lipinski definition) is 6. The minimum atomic E-state index is -3.09. The average molecular weight is 326 g/mol. The second-order valence-corrected chi connectivity index (χ2v) is 8.04. The van der Waals surface area contributed by atoms with Crippen LogP contribution in [0.4, 0.5) is 5.82 Å². The summed E-state index contributed by atoms with van der Waals surface area (Å²) < 4.78 is 26.8. The van der Waals surface area contributed by atoms with E-state index >= 15 is 0 Å². The number of nitrogens with zero attached hydrogens (tertiary/aromatic N) is 4. The molecular formula is C13H18N4O2S2. The van der Waals surface area contributed by atoms with Crippen molar-refractivity contribution < 1.29 is 8.42 Å². The van der Waals surface area contributed by atoms with Gasteiger partial charge in [-0.05, 0) is 17.9 Å². The van der Waals surface area contributed by atoms with Crippen LogP contribution in [0.25, 0.3) is 10.2 Å². The summed E-state index contributed by atoms with van der Waals surface area (Å²) in [6.07, 6.45) is 2.23. The Bertz CT molecular complexity index is 721. The molecule has 1 aliphatic rings. The van der Waals surface area contributed by atoms with E-state index in [4.69, 9.17) is 0 Å². The van der Waals surface area contributed by atoms with Gasteiger partial charge in [0.1, 0.15) is 12.1 Å². The van der Waals surface area contributed by atoms with Gasteiger partial charge in [0.15, 0.2) is 0 Å². The lowest BCUT2D eigenvalue weighted by Gasteiger charge is -2.34. The Morgan fingerprint density at radius 3 is 2.71 bits per heavy atom. The predicted octanol–water partition coefficient (Wildman–Crippen LogP) is 1.55. The highest BCUT2D eigenvalue weighted by Crippen LogP contribution is 2.28. The number of sulfonamides is 1. The van der Waals surface area contributed by atoms with E-state index < -0.39 is 10.0 Å². The van der Waals surface area contributed by atoms with Gasteiger partial charge < -0.3 is 4.90 Å². The number of aromatic nitrogens is 2.